The third-order valence-corrected chi connectivity index (χ3v) is 3.76. The van der Waals surface area contributed by atoms with E-state index >= 15 is 0 Å². The molecule has 0 bridgehead atoms. The topological polar surface area (TPSA) is 24.9 Å². The molecular weight excluding hydrogens is 297 g/mol. The molecule has 0 radical (unpaired) electrons. The molecule has 7 heteroatoms. The van der Waals surface area contributed by atoms with Crippen molar-refractivity contribution in [2.24, 2.45) is 0 Å². The van der Waals surface area contributed by atoms with Gasteiger partial charge in [0.1, 0.15) is 0 Å². The second-order valence-electron chi connectivity index (χ2n) is 3.86. The summed E-state index contributed by atoms with van der Waals surface area (Å²) in [5.41, 5.74) is 1.55. The summed E-state index contributed by atoms with van der Waals surface area (Å²) in [6.07, 6.45) is -3.16. The molecule has 1 aromatic carbocycles. The molecular formula is C12H10ClF3N2S. The molecule has 0 spiro atoms. The number of nitrogens with one attached hydrogen (secondary N) is 1. The Hall–Kier alpha value is -1.11. The number of thiazole rings is 1. The molecule has 2 nitrogen and oxygen atoms in total. The normalized spacial score (nSPS) is 11.8. The Morgan fingerprint density at radius 2 is 2.11 bits per heavy atom. The van der Waals surface area contributed by atoms with E-state index in [1.54, 1.807) is 25.2 Å². The van der Waals surface area contributed by atoms with E-state index in [1.165, 1.54) is 6.20 Å². The molecule has 102 valence electrons. The zero-order valence-corrected chi connectivity index (χ0v) is 11.5. The van der Waals surface area contributed by atoms with Crippen LogP contribution in [0.25, 0.3) is 10.4 Å². The van der Waals surface area contributed by atoms with Crippen molar-refractivity contribution in [3.05, 3.63) is 40.0 Å². The van der Waals surface area contributed by atoms with E-state index in [0.717, 1.165) is 5.56 Å². The van der Waals surface area contributed by atoms with Crippen molar-refractivity contribution in [3.8, 4) is 10.4 Å². The Kier molecular flexibility index (Phi) is 4.13. The van der Waals surface area contributed by atoms with Gasteiger partial charge in [0.15, 0.2) is 5.01 Å². The number of nitrogens with zero attached hydrogens (tertiary/aromatic N) is 1. The number of alkyl halides is 3. The fourth-order valence-electron chi connectivity index (χ4n) is 1.67. The van der Waals surface area contributed by atoms with Crippen LogP contribution in [0.15, 0.2) is 24.4 Å². The quantitative estimate of drug-likeness (QED) is 0.919. The van der Waals surface area contributed by atoms with Crippen LogP contribution in [0.1, 0.15) is 10.6 Å². The van der Waals surface area contributed by atoms with Crippen LogP contribution in [0.3, 0.4) is 0 Å². The average molecular weight is 307 g/mol. The molecule has 19 heavy (non-hydrogen) atoms. The molecule has 0 unspecified atom stereocenters. The van der Waals surface area contributed by atoms with Crippen LogP contribution < -0.4 is 5.32 Å². The van der Waals surface area contributed by atoms with Gasteiger partial charge in [-0.2, -0.15) is 13.2 Å². The van der Waals surface area contributed by atoms with Gasteiger partial charge in [-0.15, -0.1) is 11.3 Å². The van der Waals surface area contributed by atoms with Crippen LogP contribution in [0.2, 0.25) is 5.02 Å². The van der Waals surface area contributed by atoms with Gasteiger partial charge in [0.05, 0.1) is 4.88 Å². The maximum Gasteiger partial charge on any atom is 0.443 e. The maximum atomic E-state index is 12.5. The zero-order chi connectivity index (χ0) is 14.0. The minimum atomic E-state index is -4.40. The second-order valence-corrected chi connectivity index (χ2v) is 5.33. The third kappa shape index (κ3) is 3.26. The van der Waals surface area contributed by atoms with Crippen molar-refractivity contribution in [2.75, 3.05) is 7.05 Å². The number of hydrogen-bond acceptors (Lipinski definition) is 3. The molecule has 0 aliphatic carbocycles. The van der Waals surface area contributed by atoms with Gasteiger partial charge in [-0.3, -0.25) is 0 Å². The SMILES string of the molecule is CNCc1cc(Cl)ccc1-c1cnc(C(F)(F)F)s1. The average Bonchev–Trinajstić information content (AvgIpc) is 2.78. The Morgan fingerprint density at radius 3 is 2.68 bits per heavy atom. The van der Waals surface area contributed by atoms with E-state index in [1.807, 2.05) is 0 Å². The number of aromatic nitrogens is 1. The summed E-state index contributed by atoms with van der Waals surface area (Å²) in [6, 6.07) is 5.10. The predicted molar refractivity (Wildman–Crippen MR) is 70.3 cm³/mol. The molecule has 0 aliphatic heterocycles. The first-order valence-corrected chi connectivity index (χ1v) is 6.57. The fraction of sp³-hybridized carbons (Fsp3) is 0.250. The molecule has 0 saturated heterocycles. The molecule has 0 amide bonds. The van der Waals surface area contributed by atoms with Crippen LogP contribution in [-0.4, -0.2) is 12.0 Å². The third-order valence-electron chi connectivity index (χ3n) is 2.45. The van der Waals surface area contributed by atoms with E-state index in [-0.39, 0.29) is 0 Å². The lowest BCUT2D eigenvalue weighted by molar-refractivity contribution is -0.137. The molecule has 2 rings (SSSR count). The van der Waals surface area contributed by atoms with Crippen molar-refractivity contribution in [1.29, 1.82) is 0 Å². The maximum absolute atomic E-state index is 12.5. The molecule has 1 heterocycles. The molecule has 0 fully saturated rings. The summed E-state index contributed by atoms with van der Waals surface area (Å²) in [6.45, 7) is 0.523. The monoisotopic (exact) mass is 306 g/mol. The summed E-state index contributed by atoms with van der Waals surface area (Å²) in [7, 11) is 1.76. The standard InChI is InChI=1S/C12H10ClF3N2S/c1-17-5-7-4-8(13)2-3-9(7)10-6-18-11(19-10)12(14,15)16/h2-4,6,17H,5H2,1H3. The van der Waals surface area contributed by atoms with Gasteiger partial charge in [-0.05, 0) is 30.3 Å². The smallest absolute Gasteiger partial charge is 0.316 e. The number of rotatable bonds is 3. The van der Waals surface area contributed by atoms with E-state index in [0.29, 0.717) is 33.3 Å². The molecule has 0 atom stereocenters. The largest absolute Gasteiger partial charge is 0.443 e. The van der Waals surface area contributed by atoms with Crippen LogP contribution in [0.4, 0.5) is 13.2 Å². The number of halogens is 4. The van der Waals surface area contributed by atoms with Crippen molar-refractivity contribution in [3.63, 3.8) is 0 Å². The molecule has 0 aliphatic rings. The fourth-order valence-corrected chi connectivity index (χ4v) is 2.71. The lowest BCUT2D eigenvalue weighted by atomic mass is 10.1. The predicted octanol–water partition coefficient (Wildman–Crippen LogP) is 4.20. The number of hydrogen-bond donors (Lipinski definition) is 1. The Balaban J connectivity index is 2.44. The van der Waals surface area contributed by atoms with Crippen LogP contribution in [0, 0.1) is 0 Å². The van der Waals surface area contributed by atoms with Crippen molar-refractivity contribution >= 4 is 22.9 Å². The summed E-state index contributed by atoms with van der Waals surface area (Å²) >= 11 is 6.53. The first-order chi connectivity index (χ1) is 8.91. The summed E-state index contributed by atoms with van der Waals surface area (Å²) in [4.78, 5) is 3.91. The zero-order valence-electron chi connectivity index (χ0n) is 9.88. The van der Waals surface area contributed by atoms with Crippen LogP contribution in [0.5, 0.6) is 0 Å². The number of benzene rings is 1. The van der Waals surface area contributed by atoms with Gasteiger partial charge in [0.25, 0.3) is 0 Å². The van der Waals surface area contributed by atoms with Gasteiger partial charge in [0.2, 0.25) is 0 Å². The highest BCUT2D eigenvalue weighted by Crippen LogP contribution is 2.37. The Labute approximate surface area is 117 Å². The Morgan fingerprint density at radius 1 is 1.37 bits per heavy atom. The molecule has 2 aromatic rings. The highest BCUT2D eigenvalue weighted by atomic mass is 35.5. The second kappa shape index (κ2) is 5.48. The first kappa shape index (κ1) is 14.3. The van der Waals surface area contributed by atoms with Gasteiger partial charge in [-0.1, -0.05) is 17.7 Å². The minimum absolute atomic E-state index is 0.481. The van der Waals surface area contributed by atoms with Crippen LogP contribution in [-0.2, 0) is 12.7 Å². The summed E-state index contributed by atoms with van der Waals surface area (Å²) in [5.74, 6) is 0. The van der Waals surface area contributed by atoms with Crippen molar-refractivity contribution in [1.82, 2.24) is 10.3 Å². The van der Waals surface area contributed by atoms with E-state index in [2.05, 4.69) is 10.3 Å². The van der Waals surface area contributed by atoms with Gasteiger partial charge in [0, 0.05) is 17.8 Å². The summed E-state index contributed by atoms with van der Waals surface area (Å²) in [5, 5.41) is 2.67. The molecule has 0 saturated carbocycles. The lowest BCUT2D eigenvalue weighted by Gasteiger charge is -2.07. The molecule has 1 aromatic heterocycles. The minimum Gasteiger partial charge on any atom is -0.316 e. The summed E-state index contributed by atoms with van der Waals surface area (Å²) < 4.78 is 37.6. The van der Waals surface area contributed by atoms with Crippen molar-refractivity contribution in [2.45, 2.75) is 12.7 Å². The van der Waals surface area contributed by atoms with Crippen molar-refractivity contribution < 1.29 is 13.2 Å². The molecule has 1 N–H and O–H groups in total. The Bertz CT molecular complexity index is 581. The van der Waals surface area contributed by atoms with Gasteiger partial charge < -0.3 is 5.32 Å². The first-order valence-electron chi connectivity index (χ1n) is 5.38. The van der Waals surface area contributed by atoms with E-state index in [9.17, 15) is 13.2 Å². The van der Waals surface area contributed by atoms with E-state index in [4.69, 9.17) is 11.6 Å². The van der Waals surface area contributed by atoms with Gasteiger partial charge >= 0.3 is 6.18 Å². The van der Waals surface area contributed by atoms with Gasteiger partial charge in [-0.25, -0.2) is 4.98 Å². The highest BCUT2D eigenvalue weighted by Gasteiger charge is 2.34. The van der Waals surface area contributed by atoms with Crippen LogP contribution >= 0.6 is 22.9 Å². The highest BCUT2D eigenvalue weighted by molar-refractivity contribution is 7.15. The van der Waals surface area contributed by atoms with E-state index < -0.39 is 11.2 Å². The lowest BCUT2D eigenvalue weighted by Crippen LogP contribution is -2.06.